The van der Waals surface area contributed by atoms with E-state index < -0.39 is 5.91 Å². The predicted molar refractivity (Wildman–Crippen MR) is 96.0 cm³/mol. The van der Waals surface area contributed by atoms with Crippen molar-refractivity contribution in [1.29, 1.82) is 0 Å². The number of anilines is 1. The third kappa shape index (κ3) is 5.08. The van der Waals surface area contributed by atoms with Crippen LogP contribution in [0.5, 0.6) is 0 Å². The Hall–Kier alpha value is -3.81. The molecule has 3 rings (SSSR count). The molecule has 0 aliphatic carbocycles. The van der Waals surface area contributed by atoms with E-state index >= 15 is 0 Å². The van der Waals surface area contributed by atoms with Crippen molar-refractivity contribution in [2.24, 2.45) is 0 Å². The molecular formula is C19H17N3O5. The summed E-state index contributed by atoms with van der Waals surface area (Å²) in [4.78, 5) is 35.7. The largest absolute Gasteiger partial charge is 0.467 e. The number of hydrogen-bond acceptors (Lipinski definition) is 5. The fourth-order valence-corrected chi connectivity index (χ4v) is 2.23. The summed E-state index contributed by atoms with van der Waals surface area (Å²) in [5, 5.41) is 7.81. The van der Waals surface area contributed by atoms with Crippen LogP contribution in [0.15, 0.2) is 69.9 Å². The molecule has 0 unspecified atom stereocenters. The minimum atomic E-state index is -0.396. The Labute approximate surface area is 154 Å². The molecule has 0 saturated carbocycles. The summed E-state index contributed by atoms with van der Waals surface area (Å²) in [7, 11) is 0. The molecule has 0 aliphatic rings. The Balaban J connectivity index is 1.45. The number of amides is 3. The van der Waals surface area contributed by atoms with Crippen molar-refractivity contribution in [3.8, 4) is 0 Å². The van der Waals surface area contributed by atoms with Crippen molar-refractivity contribution in [1.82, 2.24) is 10.6 Å². The second kappa shape index (κ2) is 8.52. The maximum Gasteiger partial charge on any atom is 0.291 e. The summed E-state index contributed by atoms with van der Waals surface area (Å²) in [5.41, 5.74) is 0.883. The number of nitrogens with one attached hydrogen (secondary N) is 3. The molecule has 1 aromatic carbocycles. The second-order valence-electron chi connectivity index (χ2n) is 5.55. The van der Waals surface area contributed by atoms with Crippen LogP contribution in [0.25, 0.3) is 0 Å². The first-order chi connectivity index (χ1) is 13.1. The van der Waals surface area contributed by atoms with Gasteiger partial charge in [0.25, 0.3) is 11.8 Å². The standard InChI is InChI=1S/C19H17N3O5/c23-17(20-11-15-3-1-9-26-15)12-21-18(24)13-5-7-14(8-6-13)22-19(25)16-4-2-10-27-16/h1-10H,11-12H2,(H,20,23)(H,21,24)(H,22,25). The maximum absolute atomic E-state index is 12.1. The highest BCUT2D eigenvalue weighted by Crippen LogP contribution is 2.11. The van der Waals surface area contributed by atoms with Crippen molar-refractivity contribution in [2.45, 2.75) is 6.54 Å². The van der Waals surface area contributed by atoms with Gasteiger partial charge in [-0.15, -0.1) is 0 Å². The summed E-state index contributed by atoms with van der Waals surface area (Å²) in [5.74, 6) is -0.293. The molecule has 138 valence electrons. The van der Waals surface area contributed by atoms with Crippen molar-refractivity contribution >= 4 is 23.4 Å². The van der Waals surface area contributed by atoms with Crippen LogP contribution in [0.3, 0.4) is 0 Å². The third-order valence-electron chi connectivity index (χ3n) is 3.60. The smallest absolute Gasteiger partial charge is 0.291 e. The molecule has 0 spiro atoms. The van der Waals surface area contributed by atoms with Crippen LogP contribution in [-0.2, 0) is 11.3 Å². The summed E-state index contributed by atoms with van der Waals surface area (Å²) in [6.07, 6.45) is 2.93. The van der Waals surface area contributed by atoms with E-state index in [9.17, 15) is 14.4 Å². The van der Waals surface area contributed by atoms with E-state index in [1.807, 2.05) is 0 Å². The van der Waals surface area contributed by atoms with E-state index in [0.717, 1.165) is 0 Å². The van der Waals surface area contributed by atoms with Gasteiger partial charge in [-0.25, -0.2) is 0 Å². The van der Waals surface area contributed by atoms with Gasteiger partial charge in [-0.05, 0) is 48.5 Å². The van der Waals surface area contributed by atoms with Crippen LogP contribution in [0.2, 0.25) is 0 Å². The monoisotopic (exact) mass is 367 g/mol. The lowest BCUT2D eigenvalue weighted by molar-refractivity contribution is -0.120. The summed E-state index contributed by atoms with van der Waals surface area (Å²) in [6, 6.07) is 12.9. The van der Waals surface area contributed by atoms with Crippen molar-refractivity contribution in [2.75, 3.05) is 11.9 Å². The number of benzene rings is 1. The number of carbonyl (C=O) groups excluding carboxylic acids is 3. The Bertz CT molecular complexity index is 899. The molecular weight excluding hydrogens is 350 g/mol. The summed E-state index contributed by atoms with van der Waals surface area (Å²) in [6.45, 7) is 0.0995. The van der Waals surface area contributed by atoms with Gasteiger partial charge in [0.1, 0.15) is 5.76 Å². The van der Waals surface area contributed by atoms with E-state index in [1.54, 1.807) is 48.5 Å². The molecule has 3 aromatic rings. The normalized spacial score (nSPS) is 10.2. The van der Waals surface area contributed by atoms with Crippen LogP contribution >= 0.6 is 0 Å². The molecule has 0 aliphatic heterocycles. The maximum atomic E-state index is 12.1. The first kappa shape index (κ1) is 18.0. The number of furan rings is 2. The Morgan fingerprint density at radius 3 is 2.22 bits per heavy atom. The number of carbonyl (C=O) groups is 3. The quantitative estimate of drug-likeness (QED) is 0.592. The van der Waals surface area contributed by atoms with Crippen molar-refractivity contribution in [3.63, 3.8) is 0 Å². The van der Waals surface area contributed by atoms with Gasteiger partial charge in [0, 0.05) is 11.3 Å². The van der Waals surface area contributed by atoms with Crippen LogP contribution in [-0.4, -0.2) is 24.3 Å². The minimum Gasteiger partial charge on any atom is -0.467 e. The predicted octanol–water partition coefficient (Wildman–Crippen LogP) is 2.17. The lowest BCUT2D eigenvalue weighted by Crippen LogP contribution is -2.36. The molecule has 0 atom stereocenters. The molecule has 27 heavy (non-hydrogen) atoms. The molecule has 0 saturated heterocycles. The molecule has 0 fully saturated rings. The average molecular weight is 367 g/mol. The lowest BCUT2D eigenvalue weighted by Gasteiger charge is -2.07. The highest BCUT2D eigenvalue weighted by atomic mass is 16.3. The van der Waals surface area contributed by atoms with Gasteiger partial charge >= 0.3 is 0 Å². The third-order valence-corrected chi connectivity index (χ3v) is 3.60. The van der Waals surface area contributed by atoms with E-state index in [4.69, 9.17) is 8.83 Å². The van der Waals surface area contributed by atoms with Gasteiger partial charge in [0.05, 0.1) is 25.6 Å². The molecule has 0 radical (unpaired) electrons. The minimum absolute atomic E-state index is 0.156. The van der Waals surface area contributed by atoms with E-state index in [1.165, 1.54) is 12.5 Å². The zero-order valence-corrected chi connectivity index (χ0v) is 14.2. The van der Waals surface area contributed by atoms with Gasteiger partial charge in [-0.2, -0.15) is 0 Å². The highest BCUT2D eigenvalue weighted by molar-refractivity contribution is 6.02. The van der Waals surface area contributed by atoms with Crippen molar-refractivity contribution in [3.05, 3.63) is 78.1 Å². The average Bonchev–Trinajstić information content (AvgIpc) is 3.39. The first-order valence-electron chi connectivity index (χ1n) is 8.14. The van der Waals surface area contributed by atoms with Crippen molar-refractivity contribution < 1.29 is 23.2 Å². The van der Waals surface area contributed by atoms with Crippen LogP contribution in [0.1, 0.15) is 26.7 Å². The second-order valence-corrected chi connectivity index (χ2v) is 5.55. The fourth-order valence-electron chi connectivity index (χ4n) is 2.23. The van der Waals surface area contributed by atoms with Gasteiger partial charge in [0.2, 0.25) is 5.91 Å². The van der Waals surface area contributed by atoms with Gasteiger partial charge in [0.15, 0.2) is 5.76 Å². The molecule has 2 heterocycles. The summed E-state index contributed by atoms with van der Waals surface area (Å²) < 4.78 is 10.1. The summed E-state index contributed by atoms with van der Waals surface area (Å²) >= 11 is 0. The first-order valence-corrected chi connectivity index (χ1v) is 8.14. The SMILES string of the molecule is O=C(CNC(=O)c1ccc(NC(=O)c2ccco2)cc1)NCc1ccco1. The number of rotatable bonds is 7. The molecule has 0 bridgehead atoms. The zero-order valence-electron chi connectivity index (χ0n) is 14.2. The molecule has 8 heteroatoms. The van der Waals surface area contributed by atoms with E-state index in [-0.39, 0.29) is 30.7 Å². The zero-order chi connectivity index (χ0) is 19.1. The molecule has 3 amide bonds. The van der Waals surface area contributed by atoms with E-state index in [0.29, 0.717) is 17.0 Å². The Kier molecular flexibility index (Phi) is 5.68. The Morgan fingerprint density at radius 2 is 1.56 bits per heavy atom. The van der Waals surface area contributed by atoms with Gasteiger partial charge < -0.3 is 24.8 Å². The fraction of sp³-hybridized carbons (Fsp3) is 0.105. The van der Waals surface area contributed by atoms with Gasteiger partial charge in [-0.1, -0.05) is 0 Å². The molecule has 2 aromatic heterocycles. The highest BCUT2D eigenvalue weighted by Gasteiger charge is 2.11. The van der Waals surface area contributed by atoms with Crippen LogP contribution in [0.4, 0.5) is 5.69 Å². The van der Waals surface area contributed by atoms with Crippen LogP contribution < -0.4 is 16.0 Å². The molecule has 8 nitrogen and oxygen atoms in total. The Morgan fingerprint density at radius 1 is 0.815 bits per heavy atom. The van der Waals surface area contributed by atoms with Gasteiger partial charge in [-0.3, -0.25) is 14.4 Å². The van der Waals surface area contributed by atoms with E-state index in [2.05, 4.69) is 16.0 Å². The number of hydrogen-bond donors (Lipinski definition) is 3. The van der Waals surface area contributed by atoms with Crippen LogP contribution in [0, 0.1) is 0 Å². The topological polar surface area (TPSA) is 114 Å². The lowest BCUT2D eigenvalue weighted by atomic mass is 10.2. The molecule has 3 N–H and O–H groups in total.